The summed E-state index contributed by atoms with van der Waals surface area (Å²) in [6.07, 6.45) is 2.43. The molecule has 0 radical (unpaired) electrons. The summed E-state index contributed by atoms with van der Waals surface area (Å²) in [6.45, 7) is 1.39. The van der Waals surface area contributed by atoms with E-state index < -0.39 is 17.3 Å². The van der Waals surface area contributed by atoms with Crippen LogP contribution in [-0.2, 0) is 6.54 Å². The molecule has 0 saturated carbocycles. The highest BCUT2D eigenvalue weighted by Gasteiger charge is 2.21. The number of halogens is 2. The van der Waals surface area contributed by atoms with Gasteiger partial charge in [0.05, 0.1) is 25.5 Å². The van der Waals surface area contributed by atoms with Crippen molar-refractivity contribution in [3.63, 3.8) is 0 Å². The van der Waals surface area contributed by atoms with E-state index in [-0.39, 0.29) is 18.2 Å². The van der Waals surface area contributed by atoms with E-state index in [1.807, 2.05) is 0 Å². The molecule has 2 aromatic carbocycles. The number of fused-ring (bicyclic) bond motifs is 1. The number of nitrogens with zero attached hydrogens (tertiary/aromatic N) is 4. The minimum Gasteiger partial charge on any atom is -0.497 e. The molecule has 8 nitrogen and oxygen atoms in total. The van der Waals surface area contributed by atoms with Crippen LogP contribution in [0.2, 0.25) is 0 Å². The zero-order valence-electron chi connectivity index (χ0n) is 17.9. The van der Waals surface area contributed by atoms with Gasteiger partial charge in [0.15, 0.2) is 5.65 Å². The third kappa shape index (κ3) is 3.93. The molecule has 10 heteroatoms. The van der Waals surface area contributed by atoms with E-state index in [9.17, 15) is 13.6 Å². The molecule has 33 heavy (non-hydrogen) atoms. The molecule has 1 aliphatic heterocycles. The second-order valence-electron chi connectivity index (χ2n) is 7.84. The van der Waals surface area contributed by atoms with Crippen molar-refractivity contribution in [2.75, 3.05) is 25.5 Å². The molecule has 1 aliphatic rings. The normalized spacial score (nSPS) is 15.8. The summed E-state index contributed by atoms with van der Waals surface area (Å²) >= 11 is 0. The Balaban J connectivity index is 1.68. The highest BCUT2D eigenvalue weighted by molar-refractivity contribution is 5.74. The van der Waals surface area contributed by atoms with Crippen LogP contribution in [-0.4, -0.2) is 45.3 Å². The zero-order valence-corrected chi connectivity index (χ0v) is 17.9. The molecule has 0 aliphatic carbocycles. The molecular weight excluding hydrogens is 430 g/mol. The van der Waals surface area contributed by atoms with Crippen molar-refractivity contribution < 1.29 is 13.5 Å². The first kappa shape index (κ1) is 21.1. The summed E-state index contributed by atoms with van der Waals surface area (Å²) in [4.78, 5) is 22.5. The van der Waals surface area contributed by atoms with Gasteiger partial charge >= 0.3 is 5.69 Å². The van der Waals surface area contributed by atoms with Gasteiger partial charge in [-0.15, -0.1) is 0 Å². The third-order valence-corrected chi connectivity index (χ3v) is 5.76. The first-order chi connectivity index (χ1) is 16.0. The Kier molecular flexibility index (Phi) is 5.51. The van der Waals surface area contributed by atoms with Gasteiger partial charge in [0.2, 0.25) is 5.95 Å². The summed E-state index contributed by atoms with van der Waals surface area (Å²) < 4.78 is 36.7. The van der Waals surface area contributed by atoms with Crippen LogP contribution in [0.5, 0.6) is 5.75 Å². The van der Waals surface area contributed by atoms with E-state index >= 15 is 0 Å². The van der Waals surface area contributed by atoms with Gasteiger partial charge in [0.25, 0.3) is 0 Å². The van der Waals surface area contributed by atoms with Gasteiger partial charge in [0.1, 0.15) is 22.9 Å². The number of benzene rings is 2. The van der Waals surface area contributed by atoms with Crippen molar-refractivity contribution in [1.29, 1.82) is 0 Å². The predicted octanol–water partition coefficient (Wildman–Crippen LogP) is 2.69. The standard InChI is InChI=1S/C23H22F2N6O2/c1-33-16-5-2-4-15(10-16)31-21-20(12-27-22(29-21)28-14-8-9-26-11-14)30(23(31)32)13-17-18(24)6-3-7-19(17)25/h2-7,10,12,14,26H,8-9,11,13H2,1H3,(H,27,28,29). The molecule has 2 N–H and O–H groups in total. The number of rotatable bonds is 6. The molecule has 0 spiro atoms. The van der Waals surface area contributed by atoms with E-state index in [2.05, 4.69) is 20.6 Å². The average molecular weight is 452 g/mol. The number of nitrogens with one attached hydrogen (secondary N) is 2. The Bertz CT molecular complexity index is 1360. The van der Waals surface area contributed by atoms with Gasteiger partial charge in [-0.1, -0.05) is 12.1 Å². The van der Waals surface area contributed by atoms with E-state index in [4.69, 9.17) is 4.74 Å². The Morgan fingerprint density at radius 3 is 2.73 bits per heavy atom. The van der Waals surface area contributed by atoms with Gasteiger partial charge < -0.3 is 15.4 Å². The number of hydrogen-bond acceptors (Lipinski definition) is 6. The molecule has 0 bridgehead atoms. The molecule has 5 rings (SSSR count). The second-order valence-corrected chi connectivity index (χ2v) is 7.84. The fraction of sp³-hybridized carbons (Fsp3) is 0.261. The van der Waals surface area contributed by atoms with Crippen molar-refractivity contribution in [3.8, 4) is 11.4 Å². The molecule has 1 atom stereocenters. The maximum Gasteiger partial charge on any atom is 0.335 e. The van der Waals surface area contributed by atoms with E-state index in [1.54, 1.807) is 24.3 Å². The van der Waals surface area contributed by atoms with Crippen LogP contribution in [0.15, 0.2) is 53.5 Å². The van der Waals surface area contributed by atoms with Crippen LogP contribution in [0.1, 0.15) is 12.0 Å². The Morgan fingerprint density at radius 1 is 1.21 bits per heavy atom. The second kappa shape index (κ2) is 8.62. The molecule has 170 valence electrons. The number of anilines is 1. The molecule has 0 amide bonds. The maximum absolute atomic E-state index is 14.4. The van der Waals surface area contributed by atoms with Crippen molar-refractivity contribution in [2.45, 2.75) is 19.0 Å². The molecule has 1 fully saturated rings. The lowest BCUT2D eigenvalue weighted by molar-refractivity contribution is 0.414. The fourth-order valence-electron chi connectivity index (χ4n) is 4.04. The van der Waals surface area contributed by atoms with Crippen LogP contribution in [0.4, 0.5) is 14.7 Å². The lowest BCUT2D eigenvalue weighted by Crippen LogP contribution is -2.24. The van der Waals surface area contributed by atoms with Crippen LogP contribution in [0.25, 0.3) is 16.9 Å². The minimum absolute atomic E-state index is 0.175. The van der Waals surface area contributed by atoms with E-state index in [1.165, 1.54) is 40.6 Å². The average Bonchev–Trinajstić information content (AvgIpc) is 3.42. The molecular formula is C23H22F2N6O2. The van der Waals surface area contributed by atoms with Gasteiger partial charge in [-0.25, -0.2) is 23.1 Å². The predicted molar refractivity (Wildman–Crippen MR) is 120 cm³/mol. The maximum atomic E-state index is 14.4. The van der Waals surface area contributed by atoms with Crippen molar-refractivity contribution in [2.24, 2.45) is 0 Å². The number of ether oxygens (including phenoxy) is 1. The summed E-state index contributed by atoms with van der Waals surface area (Å²) in [5.41, 5.74) is 0.511. The number of aromatic nitrogens is 4. The Labute approximate surface area is 187 Å². The lowest BCUT2D eigenvalue weighted by Gasteiger charge is -2.11. The molecule has 1 saturated heterocycles. The summed E-state index contributed by atoms with van der Waals surface area (Å²) in [6, 6.07) is 10.8. The minimum atomic E-state index is -0.725. The van der Waals surface area contributed by atoms with Crippen molar-refractivity contribution in [3.05, 3.63) is 76.3 Å². The largest absolute Gasteiger partial charge is 0.497 e. The van der Waals surface area contributed by atoms with Gasteiger partial charge in [-0.2, -0.15) is 4.98 Å². The smallest absolute Gasteiger partial charge is 0.335 e. The molecule has 3 heterocycles. The summed E-state index contributed by atoms with van der Waals surface area (Å²) in [7, 11) is 1.53. The molecule has 4 aromatic rings. The van der Waals surface area contributed by atoms with Gasteiger partial charge in [-0.05, 0) is 37.2 Å². The van der Waals surface area contributed by atoms with Crippen molar-refractivity contribution in [1.82, 2.24) is 24.4 Å². The van der Waals surface area contributed by atoms with Crippen molar-refractivity contribution >= 4 is 17.1 Å². The van der Waals surface area contributed by atoms with Crippen LogP contribution in [0, 0.1) is 11.6 Å². The Hall–Kier alpha value is -3.79. The number of hydrogen-bond donors (Lipinski definition) is 2. The number of methoxy groups -OCH3 is 1. The first-order valence-corrected chi connectivity index (χ1v) is 10.6. The SMILES string of the molecule is COc1cccc(-n2c(=O)n(Cc3c(F)cccc3F)c3cnc(NC4CCNC4)nc32)c1. The van der Waals surface area contributed by atoms with E-state index in [0.717, 1.165) is 19.5 Å². The van der Waals surface area contributed by atoms with Gasteiger partial charge in [0, 0.05) is 24.2 Å². The summed E-state index contributed by atoms with van der Waals surface area (Å²) in [5, 5.41) is 6.55. The fourth-order valence-corrected chi connectivity index (χ4v) is 4.04. The molecule has 1 unspecified atom stereocenters. The van der Waals surface area contributed by atoms with Crippen LogP contribution in [0.3, 0.4) is 0 Å². The highest BCUT2D eigenvalue weighted by atomic mass is 19.1. The third-order valence-electron chi connectivity index (χ3n) is 5.76. The molecule has 2 aromatic heterocycles. The van der Waals surface area contributed by atoms with Crippen LogP contribution >= 0.6 is 0 Å². The first-order valence-electron chi connectivity index (χ1n) is 10.6. The lowest BCUT2D eigenvalue weighted by atomic mass is 10.2. The number of imidazole rings is 1. The van der Waals surface area contributed by atoms with Crippen LogP contribution < -0.4 is 21.1 Å². The quantitative estimate of drug-likeness (QED) is 0.468. The van der Waals surface area contributed by atoms with E-state index in [0.29, 0.717) is 28.5 Å². The zero-order chi connectivity index (χ0) is 22.9. The summed E-state index contributed by atoms with van der Waals surface area (Å²) in [5.74, 6) is -0.513. The highest BCUT2D eigenvalue weighted by Crippen LogP contribution is 2.22. The van der Waals surface area contributed by atoms with Gasteiger partial charge in [-0.3, -0.25) is 4.57 Å². The topological polar surface area (TPSA) is 86.0 Å². The Morgan fingerprint density at radius 2 is 2.00 bits per heavy atom. The monoisotopic (exact) mass is 452 g/mol.